The lowest BCUT2D eigenvalue weighted by molar-refractivity contribution is -0.146. The van der Waals surface area contributed by atoms with Gasteiger partial charge < -0.3 is 14.7 Å². The molecule has 1 saturated heterocycles. The van der Waals surface area contributed by atoms with Gasteiger partial charge in [0.2, 0.25) is 5.91 Å². The molecule has 1 N–H and O–H groups in total. The van der Waals surface area contributed by atoms with Gasteiger partial charge >= 0.3 is 0 Å². The van der Waals surface area contributed by atoms with E-state index in [1.807, 2.05) is 41.4 Å². The summed E-state index contributed by atoms with van der Waals surface area (Å²) in [6.45, 7) is 2.07. The van der Waals surface area contributed by atoms with Crippen LogP contribution in [0.4, 0.5) is 0 Å². The van der Waals surface area contributed by atoms with E-state index in [9.17, 15) is 9.90 Å². The normalized spacial score (nSPS) is 25.7. The number of carbonyl (C=O) groups is 1. The van der Waals surface area contributed by atoms with Crippen molar-refractivity contribution >= 4 is 5.91 Å². The number of aromatic nitrogens is 2. The van der Waals surface area contributed by atoms with Gasteiger partial charge in [-0.2, -0.15) is 0 Å². The summed E-state index contributed by atoms with van der Waals surface area (Å²) in [5.74, 6) is 1.05. The van der Waals surface area contributed by atoms with Crippen molar-refractivity contribution in [2.24, 2.45) is 5.92 Å². The number of rotatable bonds is 2. The van der Waals surface area contributed by atoms with Crippen molar-refractivity contribution in [1.82, 2.24) is 14.9 Å². The molecule has 5 rings (SSSR count). The number of carbonyl (C=O) groups excluding carboxylic acids is 1. The van der Waals surface area contributed by atoms with E-state index in [-0.39, 0.29) is 17.9 Å². The molecule has 0 bridgehead atoms. The van der Waals surface area contributed by atoms with E-state index < -0.39 is 5.60 Å². The Bertz CT molecular complexity index is 901. The number of nitrogens with zero attached hydrogens (tertiary/aromatic N) is 3. The summed E-state index contributed by atoms with van der Waals surface area (Å²) in [6.07, 6.45) is 7.18. The number of hydrogen-bond donors (Lipinski definition) is 1. The lowest BCUT2D eigenvalue weighted by atomic mass is 9.81. The number of ether oxygens (including phenoxy) is 1. The molecule has 0 atom stereocenters. The summed E-state index contributed by atoms with van der Waals surface area (Å²) in [6, 6.07) is 10.0. The zero-order valence-electron chi connectivity index (χ0n) is 17.3. The van der Waals surface area contributed by atoms with Crippen LogP contribution in [0.1, 0.15) is 49.8 Å². The highest BCUT2D eigenvalue weighted by Crippen LogP contribution is 2.41. The molecule has 1 aliphatic carbocycles. The van der Waals surface area contributed by atoms with Crippen LogP contribution in [0.15, 0.2) is 36.5 Å². The maximum absolute atomic E-state index is 13.0. The quantitative estimate of drug-likeness (QED) is 0.828. The Balaban J connectivity index is 1.34. The molecular formula is C24H29N3O3. The van der Waals surface area contributed by atoms with Gasteiger partial charge in [0.15, 0.2) is 5.82 Å². The molecule has 0 unspecified atom stereocenters. The topological polar surface area (TPSA) is 75.5 Å². The minimum Gasteiger partial charge on any atom is -0.393 e. The first-order chi connectivity index (χ1) is 14.6. The Morgan fingerprint density at radius 2 is 1.83 bits per heavy atom. The standard InChI is InChI=1S/C24H29N3O3/c28-20-8-6-18(7-9-20)23(29)27-13-11-24(12-14-27)21-19(10-15-30-24)16-25-22(26-21)17-4-2-1-3-5-17/h1-5,16,18,20,28H,6-15H2. The number of benzene rings is 1. The molecule has 30 heavy (non-hydrogen) atoms. The number of aliphatic hydroxyl groups is 1. The third-order valence-corrected chi connectivity index (χ3v) is 7.01. The molecule has 2 aliphatic heterocycles. The van der Waals surface area contributed by atoms with Crippen molar-refractivity contribution in [3.05, 3.63) is 47.8 Å². The van der Waals surface area contributed by atoms with Crippen molar-refractivity contribution < 1.29 is 14.6 Å². The number of fused-ring (bicyclic) bond motifs is 2. The van der Waals surface area contributed by atoms with E-state index in [0.29, 0.717) is 19.7 Å². The summed E-state index contributed by atoms with van der Waals surface area (Å²) in [4.78, 5) is 24.6. The number of aliphatic hydroxyl groups excluding tert-OH is 1. The number of amides is 1. The molecule has 1 amide bonds. The molecule has 3 heterocycles. The van der Waals surface area contributed by atoms with Crippen molar-refractivity contribution in [1.29, 1.82) is 0 Å². The third-order valence-electron chi connectivity index (χ3n) is 7.01. The van der Waals surface area contributed by atoms with Crippen LogP contribution in [0.25, 0.3) is 11.4 Å². The SMILES string of the molecule is O=C(C1CCC(O)CC1)N1CCC2(CC1)OCCc1cnc(-c3ccccc3)nc12. The first-order valence-corrected chi connectivity index (χ1v) is 11.2. The fourth-order valence-electron chi connectivity index (χ4n) is 5.19. The summed E-state index contributed by atoms with van der Waals surface area (Å²) in [7, 11) is 0. The molecule has 158 valence electrons. The molecule has 6 heteroatoms. The van der Waals surface area contributed by atoms with Gasteiger partial charge in [-0.05, 0) is 50.5 Å². The first-order valence-electron chi connectivity index (χ1n) is 11.2. The zero-order valence-corrected chi connectivity index (χ0v) is 17.3. The van der Waals surface area contributed by atoms with Crippen molar-refractivity contribution in [2.75, 3.05) is 19.7 Å². The fraction of sp³-hybridized carbons (Fsp3) is 0.542. The molecule has 2 fully saturated rings. The van der Waals surface area contributed by atoms with Crippen LogP contribution in [0.3, 0.4) is 0 Å². The van der Waals surface area contributed by atoms with Gasteiger partial charge in [0, 0.05) is 30.8 Å². The largest absolute Gasteiger partial charge is 0.393 e. The second-order valence-electron chi connectivity index (χ2n) is 8.86. The summed E-state index contributed by atoms with van der Waals surface area (Å²) >= 11 is 0. The third kappa shape index (κ3) is 3.63. The average Bonchev–Trinajstić information content (AvgIpc) is 2.80. The van der Waals surface area contributed by atoms with Gasteiger partial charge in [-0.3, -0.25) is 4.79 Å². The number of hydrogen-bond acceptors (Lipinski definition) is 5. The van der Waals surface area contributed by atoms with Crippen molar-refractivity contribution in [3.8, 4) is 11.4 Å². The number of likely N-dealkylation sites (tertiary alicyclic amines) is 1. The van der Waals surface area contributed by atoms with Gasteiger partial charge in [-0.15, -0.1) is 0 Å². The Hall–Kier alpha value is -2.31. The van der Waals surface area contributed by atoms with E-state index in [0.717, 1.165) is 62.0 Å². The predicted octanol–water partition coefficient (Wildman–Crippen LogP) is 3.09. The monoisotopic (exact) mass is 407 g/mol. The molecule has 2 aromatic rings. The van der Waals surface area contributed by atoms with E-state index >= 15 is 0 Å². The molecule has 0 radical (unpaired) electrons. The molecule has 3 aliphatic rings. The minimum absolute atomic E-state index is 0.0639. The highest BCUT2D eigenvalue weighted by molar-refractivity contribution is 5.79. The van der Waals surface area contributed by atoms with Crippen LogP contribution in [0.2, 0.25) is 0 Å². The summed E-state index contributed by atoms with van der Waals surface area (Å²) in [5, 5.41) is 9.73. The lowest BCUT2D eigenvalue weighted by Gasteiger charge is -2.45. The fourth-order valence-corrected chi connectivity index (χ4v) is 5.19. The molecule has 1 spiro atoms. The Morgan fingerprint density at radius 3 is 2.57 bits per heavy atom. The van der Waals surface area contributed by atoms with Crippen LogP contribution in [-0.2, 0) is 21.6 Å². The molecule has 1 aromatic carbocycles. The Morgan fingerprint density at radius 1 is 1.10 bits per heavy atom. The second-order valence-corrected chi connectivity index (χ2v) is 8.86. The van der Waals surface area contributed by atoms with Crippen LogP contribution in [0.5, 0.6) is 0 Å². The lowest BCUT2D eigenvalue weighted by Crippen LogP contribution is -2.50. The highest BCUT2D eigenvalue weighted by Gasteiger charge is 2.44. The minimum atomic E-state index is -0.417. The van der Waals surface area contributed by atoms with Gasteiger partial charge in [-0.25, -0.2) is 9.97 Å². The zero-order chi connectivity index (χ0) is 20.6. The number of piperidine rings is 1. The average molecular weight is 408 g/mol. The van der Waals surface area contributed by atoms with E-state index in [1.165, 1.54) is 5.56 Å². The highest BCUT2D eigenvalue weighted by atomic mass is 16.5. The molecule has 6 nitrogen and oxygen atoms in total. The van der Waals surface area contributed by atoms with Gasteiger partial charge in [0.05, 0.1) is 18.4 Å². The maximum atomic E-state index is 13.0. The summed E-state index contributed by atoms with van der Waals surface area (Å²) < 4.78 is 6.35. The van der Waals surface area contributed by atoms with E-state index in [1.54, 1.807) is 0 Å². The smallest absolute Gasteiger partial charge is 0.225 e. The second kappa shape index (κ2) is 8.08. The predicted molar refractivity (Wildman–Crippen MR) is 113 cm³/mol. The van der Waals surface area contributed by atoms with E-state index in [4.69, 9.17) is 9.72 Å². The van der Waals surface area contributed by atoms with Gasteiger partial charge in [0.25, 0.3) is 0 Å². The van der Waals surface area contributed by atoms with Crippen LogP contribution in [-0.4, -0.2) is 51.7 Å². The molecule has 1 saturated carbocycles. The van der Waals surface area contributed by atoms with Crippen LogP contribution >= 0.6 is 0 Å². The van der Waals surface area contributed by atoms with E-state index in [2.05, 4.69) is 4.98 Å². The Labute approximate surface area is 177 Å². The molecular weight excluding hydrogens is 378 g/mol. The van der Waals surface area contributed by atoms with Gasteiger partial charge in [-0.1, -0.05) is 30.3 Å². The first kappa shape index (κ1) is 19.6. The van der Waals surface area contributed by atoms with Crippen LogP contribution in [0, 0.1) is 5.92 Å². The van der Waals surface area contributed by atoms with Gasteiger partial charge in [0.1, 0.15) is 5.60 Å². The molecule has 1 aromatic heterocycles. The van der Waals surface area contributed by atoms with Crippen molar-refractivity contribution in [3.63, 3.8) is 0 Å². The van der Waals surface area contributed by atoms with Crippen molar-refractivity contribution in [2.45, 2.75) is 56.7 Å². The van der Waals surface area contributed by atoms with Crippen LogP contribution < -0.4 is 0 Å². The summed E-state index contributed by atoms with van der Waals surface area (Å²) in [5.41, 5.74) is 2.77. The Kier molecular flexibility index (Phi) is 5.29. The maximum Gasteiger partial charge on any atom is 0.225 e.